The van der Waals surface area contributed by atoms with Crippen molar-refractivity contribution in [2.75, 3.05) is 18.4 Å². The molecule has 126 valence electrons. The number of anilines is 1. The third-order valence-corrected chi connectivity index (χ3v) is 4.73. The van der Waals surface area contributed by atoms with Crippen LogP contribution >= 0.6 is 15.9 Å². The van der Waals surface area contributed by atoms with Gasteiger partial charge in [0.05, 0.1) is 6.04 Å². The number of hydrogen-bond acceptors (Lipinski definition) is 3. The minimum Gasteiger partial charge on any atom is -0.341 e. The molecule has 1 aromatic carbocycles. The summed E-state index contributed by atoms with van der Waals surface area (Å²) >= 11 is 3.37. The number of halogens is 1. The Morgan fingerprint density at radius 3 is 2.48 bits per heavy atom. The van der Waals surface area contributed by atoms with E-state index in [4.69, 9.17) is 5.73 Å². The molecule has 1 aliphatic heterocycles. The highest BCUT2D eigenvalue weighted by molar-refractivity contribution is 9.10. The van der Waals surface area contributed by atoms with Gasteiger partial charge < -0.3 is 16.0 Å². The molecular weight excluding hydrogens is 358 g/mol. The third-order valence-electron chi connectivity index (χ3n) is 4.21. The highest BCUT2D eigenvalue weighted by atomic mass is 79.9. The molecule has 5 nitrogen and oxygen atoms in total. The van der Waals surface area contributed by atoms with Crippen LogP contribution in [-0.4, -0.2) is 35.8 Å². The molecule has 0 saturated carbocycles. The van der Waals surface area contributed by atoms with Gasteiger partial charge in [0, 0.05) is 29.2 Å². The van der Waals surface area contributed by atoms with Gasteiger partial charge in [0.2, 0.25) is 11.8 Å². The molecule has 1 saturated heterocycles. The first-order valence-corrected chi connectivity index (χ1v) is 8.91. The van der Waals surface area contributed by atoms with E-state index in [-0.39, 0.29) is 17.7 Å². The van der Waals surface area contributed by atoms with Crippen LogP contribution in [0.3, 0.4) is 0 Å². The molecule has 0 aromatic heterocycles. The number of amides is 2. The predicted octanol–water partition coefficient (Wildman–Crippen LogP) is 2.75. The van der Waals surface area contributed by atoms with E-state index in [0.29, 0.717) is 32.4 Å². The van der Waals surface area contributed by atoms with Gasteiger partial charge >= 0.3 is 0 Å². The highest BCUT2D eigenvalue weighted by Gasteiger charge is 2.29. The second-order valence-corrected chi connectivity index (χ2v) is 6.91. The summed E-state index contributed by atoms with van der Waals surface area (Å²) in [7, 11) is 0. The standard InChI is InChI=1S/C17H24BrN3O2/c1-2-3-15(19)17(23)21-10-8-12(9-11-21)16(22)20-14-6-4-13(18)5-7-14/h4-7,12,15H,2-3,8-11,19H2,1H3,(H,20,22). The molecule has 1 fully saturated rings. The third kappa shape index (κ3) is 5.04. The molecule has 1 unspecified atom stereocenters. The second-order valence-electron chi connectivity index (χ2n) is 5.99. The normalized spacial score (nSPS) is 16.9. The van der Waals surface area contributed by atoms with Crippen LogP contribution in [0.1, 0.15) is 32.6 Å². The number of carbonyl (C=O) groups is 2. The van der Waals surface area contributed by atoms with Gasteiger partial charge in [-0.1, -0.05) is 29.3 Å². The van der Waals surface area contributed by atoms with Gasteiger partial charge in [-0.3, -0.25) is 9.59 Å². The molecule has 1 heterocycles. The van der Waals surface area contributed by atoms with Crippen molar-refractivity contribution in [1.29, 1.82) is 0 Å². The van der Waals surface area contributed by atoms with E-state index in [9.17, 15) is 9.59 Å². The number of likely N-dealkylation sites (tertiary alicyclic amines) is 1. The lowest BCUT2D eigenvalue weighted by Crippen LogP contribution is -2.48. The quantitative estimate of drug-likeness (QED) is 0.822. The highest BCUT2D eigenvalue weighted by Crippen LogP contribution is 2.21. The fraction of sp³-hybridized carbons (Fsp3) is 0.529. The summed E-state index contributed by atoms with van der Waals surface area (Å²) in [6, 6.07) is 7.11. The van der Waals surface area contributed by atoms with E-state index >= 15 is 0 Å². The maximum Gasteiger partial charge on any atom is 0.239 e. The number of nitrogens with one attached hydrogen (secondary N) is 1. The fourth-order valence-electron chi connectivity index (χ4n) is 2.81. The second kappa shape index (κ2) is 8.45. The first kappa shape index (κ1) is 17.9. The summed E-state index contributed by atoms with van der Waals surface area (Å²) in [6.07, 6.45) is 2.99. The van der Waals surface area contributed by atoms with Crippen LogP contribution in [0.2, 0.25) is 0 Å². The molecule has 3 N–H and O–H groups in total. The molecule has 6 heteroatoms. The topological polar surface area (TPSA) is 75.4 Å². The molecule has 1 aliphatic rings. The van der Waals surface area contributed by atoms with Crippen LogP contribution in [0.15, 0.2) is 28.7 Å². The van der Waals surface area contributed by atoms with Crippen LogP contribution in [0.5, 0.6) is 0 Å². The smallest absolute Gasteiger partial charge is 0.239 e. The molecule has 1 atom stereocenters. The number of nitrogens with zero attached hydrogens (tertiary/aromatic N) is 1. The SMILES string of the molecule is CCCC(N)C(=O)N1CCC(C(=O)Nc2ccc(Br)cc2)CC1. The lowest BCUT2D eigenvalue weighted by molar-refractivity contribution is -0.135. The van der Waals surface area contributed by atoms with Crippen molar-refractivity contribution in [3.05, 3.63) is 28.7 Å². The van der Waals surface area contributed by atoms with Crippen molar-refractivity contribution in [3.8, 4) is 0 Å². The zero-order valence-electron chi connectivity index (χ0n) is 13.4. The van der Waals surface area contributed by atoms with Crippen molar-refractivity contribution in [2.45, 2.75) is 38.6 Å². The van der Waals surface area contributed by atoms with Gasteiger partial charge in [0.15, 0.2) is 0 Å². The lowest BCUT2D eigenvalue weighted by atomic mass is 9.95. The molecule has 0 spiro atoms. The Kier molecular flexibility index (Phi) is 6.59. The zero-order chi connectivity index (χ0) is 16.8. The summed E-state index contributed by atoms with van der Waals surface area (Å²) in [5.74, 6) is -0.0130. The Balaban J connectivity index is 1.82. The Bertz CT molecular complexity index is 539. The molecular formula is C17H24BrN3O2. The molecule has 1 aromatic rings. The largest absolute Gasteiger partial charge is 0.341 e. The van der Waals surface area contributed by atoms with Gasteiger partial charge in [-0.2, -0.15) is 0 Å². The van der Waals surface area contributed by atoms with E-state index in [1.807, 2.05) is 31.2 Å². The Morgan fingerprint density at radius 2 is 1.91 bits per heavy atom. The van der Waals surface area contributed by atoms with Crippen molar-refractivity contribution in [1.82, 2.24) is 4.90 Å². The van der Waals surface area contributed by atoms with Gasteiger partial charge in [-0.05, 0) is 43.5 Å². The fourth-order valence-corrected chi connectivity index (χ4v) is 3.07. The number of benzene rings is 1. The number of nitrogens with two attached hydrogens (primary N) is 1. The van der Waals surface area contributed by atoms with Crippen LogP contribution in [0.25, 0.3) is 0 Å². The molecule has 2 amide bonds. The first-order chi connectivity index (χ1) is 11.0. The summed E-state index contributed by atoms with van der Waals surface area (Å²) in [5.41, 5.74) is 6.69. The van der Waals surface area contributed by atoms with Crippen LogP contribution in [0.4, 0.5) is 5.69 Å². The lowest BCUT2D eigenvalue weighted by Gasteiger charge is -2.33. The van der Waals surface area contributed by atoms with Gasteiger partial charge in [-0.25, -0.2) is 0 Å². The van der Waals surface area contributed by atoms with Gasteiger partial charge in [0.25, 0.3) is 0 Å². The van der Waals surface area contributed by atoms with E-state index in [0.717, 1.165) is 16.6 Å². The Hall–Kier alpha value is -1.40. The van der Waals surface area contributed by atoms with Crippen molar-refractivity contribution in [2.24, 2.45) is 11.7 Å². The van der Waals surface area contributed by atoms with Crippen LogP contribution in [0, 0.1) is 5.92 Å². The maximum absolute atomic E-state index is 12.3. The number of hydrogen-bond donors (Lipinski definition) is 2. The van der Waals surface area contributed by atoms with Crippen molar-refractivity contribution >= 4 is 33.4 Å². The van der Waals surface area contributed by atoms with Crippen molar-refractivity contribution in [3.63, 3.8) is 0 Å². The first-order valence-electron chi connectivity index (χ1n) is 8.12. The summed E-state index contributed by atoms with van der Waals surface area (Å²) in [6.45, 7) is 3.23. The molecule has 2 rings (SSSR count). The zero-order valence-corrected chi connectivity index (χ0v) is 15.0. The molecule has 23 heavy (non-hydrogen) atoms. The van der Waals surface area contributed by atoms with E-state index in [1.54, 1.807) is 4.90 Å². The monoisotopic (exact) mass is 381 g/mol. The minimum atomic E-state index is -0.409. The van der Waals surface area contributed by atoms with E-state index in [1.165, 1.54) is 0 Å². The molecule has 0 aliphatic carbocycles. The maximum atomic E-state index is 12.3. The number of piperidine rings is 1. The summed E-state index contributed by atoms with van der Waals surface area (Å²) in [5, 5.41) is 2.94. The van der Waals surface area contributed by atoms with Crippen LogP contribution < -0.4 is 11.1 Å². The van der Waals surface area contributed by atoms with Crippen molar-refractivity contribution < 1.29 is 9.59 Å². The van der Waals surface area contributed by atoms with Gasteiger partial charge in [0.1, 0.15) is 0 Å². The molecule has 0 radical (unpaired) electrons. The molecule has 0 bridgehead atoms. The predicted molar refractivity (Wildman–Crippen MR) is 95.0 cm³/mol. The average molecular weight is 382 g/mol. The number of carbonyl (C=O) groups excluding carboxylic acids is 2. The summed E-state index contributed by atoms with van der Waals surface area (Å²) < 4.78 is 0.978. The van der Waals surface area contributed by atoms with Gasteiger partial charge in [-0.15, -0.1) is 0 Å². The minimum absolute atomic E-state index is 0.0126. The Labute approximate surface area is 145 Å². The number of rotatable bonds is 5. The van der Waals surface area contributed by atoms with E-state index < -0.39 is 6.04 Å². The summed E-state index contributed by atoms with van der Waals surface area (Å²) in [4.78, 5) is 26.3. The average Bonchev–Trinajstić information content (AvgIpc) is 2.56. The van der Waals surface area contributed by atoms with Crippen LogP contribution in [-0.2, 0) is 9.59 Å². The van der Waals surface area contributed by atoms with E-state index in [2.05, 4.69) is 21.2 Å². The Morgan fingerprint density at radius 1 is 1.30 bits per heavy atom.